The van der Waals surface area contributed by atoms with Crippen LogP contribution in [-0.2, 0) is 11.2 Å². The van der Waals surface area contributed by atoms with E-state index in [1.54, 1.807) is 6.07 Å². The molecule has 110 valence electrons. The first-order chi connectivity index (χ1) is 10.2. The van der Waals surface area contributed by atoms with Crippen molar-refractivity contribution in [3.05, 3.63) is 29.3 Å². The standard InChI is InChI=1S/C16H19N3O2/c20-15-8-10-1-2-11(7-14(10)18-15)16(21)17-12-5-6-19(9-12)13-3-4-13/h1-2,7,12-13H,3-6,8-9H2,(H,17,21)(H,18,20). The molecule has 2 N–H and O–H groups in total. The highest BCUT2D eigenvalue weighted by Crippen LogP contribution is 2.30. The third-order valence-electron chi connectivity index (χ3n) is 4.62. The summed E-state index contributed by atoms with van der Waals surface area (Å²) in [7, 11) is 0. The van der Waals surface area contributed by atoms with E-state index in [1.807, 2.05) is 12.1 Å². The van der Waals surface area contributed by atoms with Crippen LogP contribution in [0.15, 0.2) is 18.2 Å². The molecule has 1 aromatic carbocycles. The molecule has 1 aliphatic carbocycles. The van der Waals surface area contributed by atoms with Crippen molar-refractivity contribution in [2.75, 3.05) is 18.4 Å². The Bertz CT molecular complexity index is 610. The summed E-state index contributed by atoms with van der Waals surface area (Å²) in [6, 6.07) is 6.47. The van der Waals surface area contributed by atoms with Gasteiger partial charge < -0.3 is 10.6 Å². The topological polar surface area (TPSA) is 61.4 Å². The quantitative estimate of drug-likeness (QED) is 0.875. The second kappa shape index (κ2) is 4.84. The lowest BCUT2D eigenvalue weighted by molar-refractivity contribution is -0.115. The van der Waals surface area contributed by atoms with E-state index in [2.05, 4.69) is 15.5 Å². The SMILES string of the molecule is O=C1Cc2ccc(C(=O)NC3CCN(C4CC4)C3)cc2N1. The van der Waals surface area contributed by atoms with Crippen LogP contribution in [-0.4, -0.2) is 41.9 Å². The molecule has 21 heavy (non-hydrogen) atoms. The van der Waals surface area contributed by atoms with E-state index >= 15 is 0 Å². The van der Waals surface area contributed by atoms with Gasteiger partial charge in [0.15, 0.2) is 0 Å². The number of fused-ring (bicyclic) bond motifs is 1. The van der Waals surface area contributed by atoms with Crippen LogP contribution < -0.4 is 10.6 Å². The van der Waals surface area contributed by atoms with Crippen molar-refractivity contribution in [3.8, 4) is 0 Å². The smallest absolute Gasteiger partial charge is 0.251 e. The van der Waals surface area contributed by atoms with Gasteiger partial charge in [-0.05, 0) is 37.0 Å². The molecule has 0 aromatic heterocycles. The van der Waals surface area contributed by atoms with E-state index in [9.17, 15) is 9.59 Å². The van der Waals surface area contributed by atoms with Crippen LogP contribution in [0.1, 0.15) is 35.2 Å². The first-order valence-corrected chi connectivity index (χ1v) is 7.67. The van der Waals surface area contributed by atoms with Gasteiger partial charge in [0.25, 0.3) is 5.91 Å². The maximum atomic E-state index is 12.3. The lowest BCUT2D eigenvalue weighted by Crippen LogP contribution is -2.37. The van der Waals surface area contributed by atoms with E-state index in [1.165, 1.54) is 12.8 Å². The number of hydrogen-bond donors (Lipinski definition) is 2. The number of carbonyl (C=O) groups is 2. The van der Waals surface area contributed by atoms with E-state index in [0.29, 0.717) is 12.0 Å². The van der Waals surface area contributed by atoms with Gasteiger partial charge in [0, 0.05) is 36.4 Å². The third-order valence-corrected chi connectivity index (χ3v) is 4.62. The molecule has 5 nitrogen and oxygen atoms in total. The minimum atomic E-state index is -0.0402. The predicted octanol–water partition coefficient (Wildman–Crippen LogP) is 1.15. The minimum Gasteiger partial charge on any atom is -0.348 e. The molecule has 2 heterocycles. The highest BCUT2D eigenvalue weighted by Gasteiger charge is 2.34. The first-order valence-electron chi connectivity index (χ1n) is 7.67. The molecule has 2 amide bonds. The summed E-state index contributed by atoms with van der Waals surface area (Å²) in [5.74, 6) is -0.0416. The zero-order valence-corrected chi connectivity index (χ0v) is 11.9. The summed E-state index contributed by atoms with van der Waals surface area (Å²) in [5, 5.41) is 5.91. The van der Waals surface area contributed by atoms with Crippen molar-refractivity contribution in [3.63, 3.8) is 0 Å². The first kappa shape index (κ1) is 12.8. The Kier molecular flexibility index (Phi) is 2.96. The number of hydrogen-bond acceptors (Lipinski definition) is 3. The van der Waals surface area contributed by atoms with Gasteiger partial charge in [0.2, 0.25) is 5.91 Å². The number of likely N-dealkylation sites (tertiary alicyclic amines) is 1. The summed E-state index contributed by atoms with van der Waals surface area (Å²) in [6.07, 6.45) is 4.07. The largest absolute Gasteiger partial charge is 0.348 e. The number of nitrogens with zero attached hydrogens (tertiary/aromatic N) is 1. The fourth-order valence-electron chi connectivity index (χ4n) is 3.30. The molecule has 0 radical (unpaired) electrons. The number of nitrogens with one attached hydrogen (secondary N) is 2. The number of amides is 2. The van der Waals surface area contributed by atoms with Crippen LogP contribution in [0.25, 0.3) is 0 Å². The Morgan fingerprint density at radius 3 is 2.95 bits per heavy atom. The molecule has 1 atom stereocenters. The molecular formula is C16H19N3O2. The van der Waals surface area contributed by atoms with Gasteiger partial charge in [0.1, 0.15) is 0 Å². The Labute approximate surface area is 123 Å². The van der Waals surface area contributed by atoms with E-state index in [0.717, 1.165) is 36.8 Å². The van der Waals surface area contributed by atoms with Crippen LogP contribution in [0.4, 0.5) is 5.69 Å². The van der Waals surface area contributed by atoms with E-state index in [-0.39, 0.29) is 17.9 Å². The summed E-state index contributed by atoms with van der Waals surface area (Å²) < 4.78 is 0. The second-order valence-electron chi connectivity index (χ2n) is 6.28. The molecule has 0 bridgehead atoms. The monoisotopic (exact) mass is 285 g/mol. The summed E-state index contributed by atoms with van der Waals surface area (Å²) in [6.45, 7) is 2.06. The Hall–Kier alpha value is -1.88. The normalized spacial score (nSPS) is 24.8. The lowest BCUT2D eigenvalue weighted by atomic mass is 10.1. The Balaban J connectivity index is 1.41. The Morgan fingerprint density at radius 2 is 2.14 bits per heavy atom. The summed E-state index contributed by atoms with van der Waals surface area (Å²) in [5.41, 5.74) is 2.37. The fourth-order valence-corrected chi connectivity index (χ4v) is 3.30. The van der Waals surface area contributed by atoms with E-state index < -0.39 is 0 Å². The molecular weight excluding hydrogens is 266 g/mol. The predicted molar refractivity (Wildman–Crippen MR) is 79.2 cm³/mol. The molecule has 1 saturated heterocycles. The molecule has 0 spiro atoms. The highest BCUT2D eigenvalue weighted by molar-refractivity contribution is 6.02. The minimum absolute atomic E-state index is 0.00146. The summed E-state index contributed by atoms with van der Waals surface area (Å²) >= 11 is 0. The van der Waals surface area contributed by atoms with Crippen LogP contribution in [0.3, 0.4) is 0 Å². The third kappa shape index (κ3) is 2.53. The van der Waals surface area contributed by atoms with Crippen molar-refractivity contribution < 1.29 is 9.59 Å². The highest BCUT2D eigenvalue weighted by atomic mass is 16.2. The van der Waals surface area contributed by atoms with Gasteiger partial charge in [-0.15, -0.1) is 0 Å². The van der Waals surface area contributed by atoms with E-state index in [4.69, 9.17) is 0 Å². The molecule has 1 aromatic rings. The number of rotatable bonds is 3. The van der Waals surface area contributed by atoms with Gasteiger partial charge in [-0.25, -0.2) is 0 Å². The molecule has 5 heteroatoms. The fraction of sp³-hybridized carbons (Fsp3) is 0.500. The Morgan fingerprint density at radius 1 is 1.29 bits per heavy atom. The number of anilines is 1. The average molecular weight is 285 g/mol. The van der Waals surface area contributed by atoms with Crippen LogP contribution in [0.2, 0.25) is 0 Å². The van der Waals surface area contributed by atoms with Crippen LogP contribution >= 0.6 is 0 Å². The summed E-state index contributed by atoms with van der Waals surface area (Å²) in [4.78, 5) is 26.2. The average Bonchev–Trinajstić information content (AvgIpc) is 3.09. The van der Waals surface area contributed by atoms with Gasteiger partial charge in [0.05, 0.1) is 6.42 Å². The zero-order valence-electron chi connectivity index (χ0n) is 11.9. The molecule has 1 saturated carbocycles. The van der Waals surface area contributed by atoms with Gasteiger partial charge >= 0.3 is 0 Å². The van der Waals surface area contributed by atoms with Crippen molar-refractivity contribution in [1.29, 1.82) is 0 Å². The molecule has 4 rings (SSSR count). The zero-order chi connectivity index (χ0) is 14.4. The van der Waals surface area contributed by atoms with Crippen molar-refractivity contribution in [2.24, 2.45) is 0 Å². The molecule has 2 fully saturated rings. The van der Waals surface area contributed by atoms with Crippen molar-refractivity contribution >= 4 is 17.5 Å². The maximum absolute atomic E-state index is 12.3. The van der Waals surface area contributed by atoms with Crippen molar-refractivity contribution in [1.82, 2.24) is 10.2 Å². The second-order valence-corrected chi connectivity index (χ2v) is 6.28. The van der Waals surface area contributed by atoms with Crippen molar-refractivity contribution in [2.45, 2.75) is 37.8 Å². The van der Waals surface area contributed by atoms with Gasteiger partial charge in [-0.1, -0.05) is 6.07 Å². The number of benzene rings is 1. The van der Waals surface area contributed by atoms with Gasteiger partial charge in [-0.3, -0.25) is 14.5 Å². The molecule has 3 aliphatic rings. The molecule has 1 unspecified atom stereocenters. The number of carbonyl (C=O) groups excluding carboxylic acids is 2. The van der Waals surface area contributed by atoms with Crippen LogP contribution in [0, 0.1) is 0 Å². The van der Waals surface area contributed by atoms with Gasteiger partial charge in [-0.2, -0.15) is 0 Å². The maximum Gasteiger partial charge on any atom is 0.251 e. The lowest BCUT2D eigenvalue weighted by Gasteiger charge is -2.16. The van der Waals surface area contributed by atoms with Crippen LogP contribution in [0.5, 0.6) is 0 Å². The molecule has 2 aliphatic heterocycles.